The molecule has 1 saturated heterocycles. The van der Waals surface area contributed by atoms with Crippen molar-refractivity contribution in [2.24, 2.45) is 0 Å². The number of rotatable bonds is 6. The zero-order valence-corrected chi connectivity index (χ0v) is 11.0. The summed E-state index contributed by atoms with van der Waals surface area (Å²) in [7, 11) is 0. The van der Waals surface area contributed by atoms with Crippen LogP contribution in [0.2, 0.25) is 0 Å². The van der Waals surface area contributed by atoms with Crippen LogP contribution in [0.15, 0.2) is 11.8 Å². The summed E-state index contributed by atoms with van der Waals surface area (Å²) >= 11 is 0. The van der Waals surface area contributed by atoms with Gasteiger partial charge < -0.3 is 15.4 Å². The van der Waals surface area contributed by atoms with E-state index in [-0.39, 0.29) is 11.5 Å². The lowest BCUT2D eigenvalue weighted by atomic mass is 10.3. The van der Waals surface area contributed by atoms with Crippen LogP contribution in [0.25, 0.3) is 0 Å². The molecule has 1 saturated carbocycles. The summed E-state index contributed by atoms with van der Waals surface area (Å²) in [5.74, 6) is -0.302. The highest BCUT2D eigenvalue weighted by molar-refractivity contribution is 5.97. The number of nitriles is 1. The van der Waals surface area contributed by atoms with E-state index in [0.29, 0.717) is 12.6 Å². The fourth-order valence-electron chi connectivity index (χ4n) is 1.85. The van der Waals surface area contributed by atoms with Crippen LogP contribution in [-0.4, -0.2) is 56.2 Å². The van der Waals surface area contributed by atoms with Gasteiger partial charge in [-0.05, 0) is 12.8 Å². The molecule has 1 amide bonds. The molecule has 0 aromatic carbocycles. The number of nitrogens with zero attached hydrogens (tertiary/aromatic N) is 2. The number of nitrogens with one attached hydrogen (secondary N) is 2. The molecule has 0 bridgehead atoms. The van der Waals surface area contributed by atoms with Crippen molar-refractivity contribution in [1.82, 2.24) is 15.5 Å². The first kappa shape index (κ1) is 13.8. The molecule has 1 aliphatic heterocycles. The third-order valence-corrected chi connectivity index (χ3v) is 3.22. The fraction of sp³-hybridized carbons (Fsp3) is 0.692. The van der Waals surface area contributed by atoms with Gasteiger partial charge in [-0.25, -0.2) is 0 Å². The van der Waals surface area contributed by atoms with Crippen molar-refractivity contribution in [2.75, 3.05) is 39.4 Å². The molecular formula is C13H20N4O2. The number of amides is 1. The number of ether oxygens (including phenoxy) is 1. The molecule has 0 radical (unpaired) electrons. The van der Waals surface area contributed by atoms with Crippen LogP contribution in [0, 0.1) is 11.3 Å². The number of morpholine rings is 1. The largest absolute Gasteiger partial charge is 0.387 e. The predicted octanol–water partition coefficient (Wildman–Crippen LogP) is -0.406. The molecule has 0 unspecified atom stereocenters. The first-order valence-corrected chi connectivity index (χ1v) is 6.74. The molecule has 2 aliphatic rings. The van der Waals surface area contributed by atoms with Gasteiger partial charge in [0.2, 0.25) is 0 Å². The molecule has 0 atom stereocenters. The Kier molecular flexibility index (Phi) is 5.19. The normalized spacial score (nSPS) is 20.7. The van der Waals surface area contributed by atoms with E-state index in [1.54, 1.807) is 0 Å². The Labute approximate surface area is 113 Å². The van der Waals surface area contributed by atoms with Crippen molar-refractivity contribution in [3.8, 4) is 6.07 Å². The first-order valence-electron chi connectivity index (χ1n) is 6.74. The Hall–Kier alpha value is -1.58. The molecule has 2 rings (SSSR count). The molecule has 1 heterocycles. The average Bonchev–Trinajstić information content (AvgIpc) is 3.25. The molecule has 19 heavy (non-hydrogen) atoms. The van der Waals surface area contributed by atoms with Crippen molar-refractivity contribution in [1.29, 1.82) is 5.26 Å². The van der Waals surface area contributed by atoms with Gasteiger partial charge in [-0.2, -0.15) is 5.26 Å². The van der Waals surface area contributed by atoms with Crippen LogP contribution in [0.3, 0.4) is 0 Å². The van der Waals surface area contributed by atoms with Gasteiger partial charge in [-0.1, -0.05) is 0 Å². The summed E-state index contributed by atoms with van der Waals surface area (Å²) in [6.45, 7) is 4.66. The van der Waals surface area contributed by atoms with Crippen LogP contribution >= 0.6 is 0 Å². The monoisotopic (exact) mass is 264 g/mol. The van der Waals surface area contributed by atoms with Crippen LogP contribution in [0.1, 0.15) is 12.8 Å². The minimum Gasteiger partial charge on any atom is -0.387 e. The van der Waals surface area contributed by atoms with Gasteiger partial charge in [-0.15, -0.1) is 0 Å². The quantitative estimate of drug-likeness (QED) is 0.504. The Morgan fingerprint density at radius 1 is 1.42 bits per heavy atom. The lowest BCUT2D eigenvalue weighted by molar-refractivity contribution is -0.117. The van der Waals surface area contributed by atoms with Gasteiger partial charge in [0.15, 0.2) is 0 Å². The van der Waals surface area contributed by atoms with Gasteiger partial charge >= 0.3 is 0 Å². The van der Waals surface area contributed by atoms with Crippen molar-refractivity contribution in [2.45, 2.75) is 18.9 Å². The zero-order valence-electron chi connectivity index (χ0n) is 11.0. The van der Waals surface area contributed by atoms with Crippen molar-refractivity contribution < 1.29 is 9.53 Å². The standard InChI is InChI=1S/C13H20N4O2/c14-9-11(10-16-12-1-2-12)13(18)15-3-4-17-5-7-19-8-6-17/h10,12,16H,1-8H2,(H,15,18)/b11-10-. The minimum absolute atomic E-state index is 0.147. The summed E-state index contributed by atoms with van der Waals surface area (Å²) in [5.41, 5.74) is 0.147. The summed E-state index contributed by atoms with van der Waals surface area (Å²) in [5, 5.41) is 14.8. The summed E-state index contributed by atoms with van der Waals surface area (Å²) in [6, 6.07) is 2.37. The van der Waals surface area contributed by atoms with E-state index in [1.807, 2.05) is 6.07 Å². The second-order valence-corrected chi connectivity index (χ2v) is 4.82. The lowest BCUT2D eigenvalue weighted by Crippen LogP contribution is -2.41. The van der Waals surface area contributed by atoms with E-state index in [2.05, 4.69) is 15.5 Å². The molecule has 6 nitrogen and oxygen atoms in total. The highest BCUT2D eigenvalue weighted by Crippen LogP contribution is 2.18. The second kappa shape index (κ2) is 7.12. The molecule has 6 heteroatoms. The molecular weight excluding hydrogens is 244 g/mol. The van der Waals surface area contributed by atoms with Crippen molar-refractivity contribution >= 4 is 5.91 Å². The average molecular weight is 264 g/mol. The predicted molar refractivity (Wildman–Crippen MR) is 70.1 cm³/mol. The summed E-state index contributed by atoms with van der Waals surface area (Å²) in [6.07, 6.45) is 3.77. The van der Waals surface area contributed by atoms with Crippen LogP contribution in [0.5, 0.6) is 0 Å². The van der Waals surface area contributed by atoms with E-state index in [4.69, 9.17) is 10.00 Å². The van der Waals surface area contributed by atoms with Gasteiger partial charge in [0.25, 0.3) is 5.91 Å². The second-order valence-electron chi connectivity index (χ2n) is 4.82. The highest BCUT2D eigenvalue weighted by atomic mass is 16.5. The maximum Gasteiger partial charge on any atom is 0.263 e. The molecule has 0 spiro atoms. The fourth-order valence-corrected chi connectivity index (χ4v) is 1.85. The minimum atomic E-state index is -0.302. The van der Waals surface area contributed by atoms with Gasteiger partial charge in [0.05, 0.1) is 13.2 Å². The van der Waals surface area contributed by atoms with E-state index in [1.165, 1.54) is 6.20 Å². The van der Waals surface area contributed by atoms with E-state index in [0.717, 1.165) is 45.7 Å². The number of carbonyl (C=O) groups is 1. The number of carbonyl (C=O) groups excluding carboxylic acids is 1. The smallest absolute Gasteiger partial charge is 0.263 e. The Bertz CT molecular complexity index is 379. The Balaban J connectivity index is 1.66. The first-order chi connectivity index (χ1) is 9.29. The van der Waals surface area contributed by atoms with Crippen LogP contribution in [0.4, 0.5) is 0 Å². The van der Waals surface area contributed by atoms with E-state index in [9.17, 15) is 4.79 Å². The maximum atomic E-state index is 11.8. The van der Waals surface area contributed by atoms with Crippen LogP contribution in [-0.2, 0) is 9.53 Å². The molecule has 2 fully saturated rings. The Morgan fingerprint density at radius 2 is 2.16 bits per heavy atom. The molecule has 0 aromatic heterocycles. The van der Waals surface area contributed by atoms with E-state index < -0.39 is 0 Å². The maximum absolute atomic E-state index is 11.8. The SMILES string of the molecule is N#C/C(=C/NC1CC1)C(=O)NCCN1CCOCC1. The topological polar surface area (TPSA) is 77.4 Å². The van der Waals surface area contributed by atoms with Gasteiger partial charge in [0.1, 0.15) is 11.6 Å². The van der Waals surface area contributed by atoms with Gasteiger partial charge in [0, 0.05) is 38.4 Å². The third-order valence-electron chi connectivity index (χ3n) is 3.22. The third kappa shape index (κ3) is 4.89. The van der Waals surface area contributed by atoms with E-state index >= 15 is 0 Å². The van der Waals surface area contributed by atoms with Crippen LogP contribution < -0.4 is 10.6 Å². The molecule has 2 N–H and O–H groups in total. The lowest BCUT2D eigenvalue weighted by Gasteiger charge is -2.26. The van der Waals surface area contributed by atoms with Crippen molar-refractivity contribution in [3.63, 3.8) is 0 Å². The highest BCUT2D eigenvalue weighted by Gasteiger charge is 2.20. The van der Waals surface area contributed by atoms with Crippen molar-refractivity contribution in [3.05, 3.63) is 11.8 Å². The zero-order chi connectivity index (χ0) is 13.5. The number of hydrogen-bond acceptors (Lipinski definition) is 5. The summed E-state index contributed by atoms with van der Waals surface area (Å²) < 4.78 is 5.25. The number of hydrogen-bond donors (Lipinski definition) is 2. The Morgan fingerprint density at radius 3 is 2.79 bits per heavy atom. The molecule has 0 aromatic rings. The van der Waals surface area contributed by atoms with Gasteiger partial charge in [-0.3, -0.25) is 9.69 Å². The molecule has 1 aliphatic carbocycles. The summed E-state index contributed by atoms with van der Waals surface area (Å²) in [4.78, 5) is 14.0. The molecule has 104 valence electrons.